The molecule has 0 amide bonds. The second kappa shape index (κ2) is 7.08. The zero-order valence-electron chi connectivity index (χ0n) is 11.3. The molecule has 6 heteroatoms. The molecule has 0 aromatic heterocycles. The van der Waals surface area contributed by atoms with Gasteiger partial charge in [0.05, 0.1) is 19.3 Å². The van der Waals surface area contributed by atoms with Gasteiger partial charge in [0.15, 0.2) is 0 Å². The molecule has 2 N–H and O–H groups in total. The highest BCUT2D eigenvalue weighted by Gasteiger charge is 2.32. The highest BCUT2D eigenvalue weighted by atomic mass is 19.1. The topological polar surface area (TPSA) is 50.7 Å². The third-order valence-corrected chi connectivity index (χ3v) is 3.55. The van der Waals surface area contributed by atoms with Crippen molar-refractivity contribution in [3.05, 3.63) is 35.4 Å². The Balaban J connectivity index is 1.86. The van der Waals surface area contributed by atoms with Crippen molar-refractivity contribution >= 4 is 0 Å². The summed E-state index contributed by atoms with van der Waals surface area (Å²) in [4.78, 5) is 0. The maximum atomic E-state index is 13.4. The van der Waals surface area contributed by atoms with Crippen molar-refractivity contribution in [2.75, 3.05) is 26.9 Å². The van der Waals surface area contributed by atoms with Crippen LogP contribution in [0.2, 0.25) is 0 Å². The number of aliphatic hydroxyl groups is 1. The zero-order valence-corrected chi connectivity index (χ0v) is 11.3. The molecule has 1 heterocycles. The number of ether oxygens (including phenoxy) is 2. The monoisotopic (exact) mass is 287 g/mol. The summed E-state index contributed by atoms with van der Waals surface area (Å²) >= 11 is 0. The molecule has 0 bridgehead atoms. The Morgan fingerprint density at radius 2 is 2.05 bits per heavy atom. The number of benzene rings is 1. The average molecular weight is 287 g/mol. The van der Waals surface area contributed by atoms with E-state index in [-0.39, 0.29) is 24.1 Å². The van der Waals surface area contributed by atoms with Crippen LogP contribution in [0.3, 0.4) is 0 Å². The van der Waals surface area contributed by atoms with Crippen LogP contribution in [0.25, 0.3) is 0 Å². The number of nitrogens with one attached hydrogen (secondary N) is 1. The molecular formula is C14H19F2NO3. The predicted octanol–water partition coefficient (Wildman–Crippen LogP) is 1.08. The number of rotatable bonds is 5. The quantitative estimate of drug-likeness (QED) is 0.851. The molecule has 1 saturated heterocycles. The standard InChI is InChI=1S/C14H19F2NO3/c1-19-13-8-20-7-9(14(13)18)5-17-6-10-11(15)3-2-4-12(10)16/h2-4,9,13-14,17-18H,5-8H2,1H3/t9-,13-,14+/m1/s1. The lowest BCUT2D eigenvalue weighted by Crippen LogP contribution is -2.48. The van der Waals surface area contributed by atoms with E-state index in [9.17, 15) is 13.9 Å². The fraction of sp³-hybridized carbons (Fsp3) is 0.571. The first-order valence-corrected chi connectivity index (χ1v) is 6.55. The minimum atomic E-state index is -0.647. The number of hydrogen-bond acceptors (Lipinski definition) is 4. The molecule has 1 aromatic rings. The molecular weight excluding hydrogens is 268 g/mol. The summed E-state index contributed by atoms with van der Waals surface area (Å²) in [5.41, 5.74) is 0.00186. The molecule has 20 heavy (non-hydrogen) atoms. The first-order valence-electron chi connectivity index (χ1n) is 6.55. The first kappa shape index (κ1) is 15.3. The Kier molecular flexibility index (Phi) is 5.42. The molecule has 1 fully saturated rings. The van der Waals surface area contributed by atoms with E-state index < -0.39 is 17.7 Å². The van der Waals surface area contributed by atoms with Gasteiger partial charge in [0, 0.05) is 31.7 Å². The fourth-order valence-corrected chi connectivity index (χ4v) is 2.31. The largest absolute Gasteiger partial charge is 0.390 e. The van der Waals surface area contributed by atoms with Crippen molar-refractivity contribution in [3.8, 4) is 0 Å². The van der Waals surface area contributed by atoms with Crippen molar-refractivity contribution in [2.45, 2.75) is 18.8 Å². The Bertz CT molecular complexity index is 424. The van der Waals surface area contributed by atoms with Crippen LogP contribution in [-0.2, 0) is 16.0 Å². The third-order valence-electron chi connectivity index (χ3n) is 3.55. The molecule has 112 valence electrons. The maximum Gasteiger partial charge on any atom is 0.130 e. The molecule has 1 aliphatic rings. The van der Waals surface area contributed by atoms with Crippen molar-refractivity contribution in [3.63, 3.8) is 0 Å². The summed E-state index contributed by atoms with van der Waals surface area (Å²) in [6.07, 6.45) is -1.01. The summed E-state index contributed by atoms with van der Waals surface area (Å²) in [6.45, 7) is 1.22. The minimum absolute atomic E-state index is 0.00186. The van der Waals surface area contributed by atoms with Crippen LogP contribution < -0.4 is 5.32 Å². The van der Waals surface area contributed by atoms with Crippen molar-refractivity contribution < 1.29 is 23.4 Å². The van der Waals surface area contributed by atoms with E-state index in [1.54, 1.807) is 0 Å². The van der Waals surface area contributed by atoms with Gasteiger partial charge in [-0.25, -0.2) is 8.78 Å². The first-order chi connectivity index (χ1) is 9.63. The van der Waals surface area contributed by atoms with Crippen LogP contribution in [0.15, 0.2) is 18.2 Å². The maximum absolute atomic E-state index is 13.4. The molecule has 0 aliphatic carbocycles. The summed E-state index contributed by atoms with van der Waals surface area (Å²) < 4.78 is 37.3. The molecule has 3 atom stereocenters. The van der Waals surface area contributed by atoms with Gasteiger partial charge in [-0.05, 0) is 12.1 Å². The van der Waals surface area contributed by atoms with Gasteiger partial charge in [-0.1, -0.05) is 6.07 Å². The molecule has 1 aliphatic heterocycles. The Labute approximate surface area is 116 Å². The normalized spacial score (nSPS) is 26.7. The Morgan fingerprint density at radius 3 is 2.70 bits per heavy atom. The summed E-state index contributed by atoms with van der Waals surface area (Å²) in [7, 11) is 1.52. The van der Waals surface area contributed by atoms with Gasteiger partial charge < -0.3 is 19.9 Å². The van der Waals surface area contributed by atoms with Gasteiger partial charge in [-0.3, -0.25) is 0 Å². The van der Waals surface area contributed by atoms with Crippen LogP contribution >= 0.6 is 0 Å². The molecule has 0 saturated carbocycles. The lowest BCUT2D eigenvalue weighted by Gasteiger charge is -2.33. The summed E-state index contributed by atoms with van der Waals surface area (Å²) in [6, 6.07) is 3.77. The molecule has 2 rings (SSSR count). The van der Waals surface area contributed by atoms with E-state index in [2.05, 4.69) is 5.32 Å². The van der Waals surface area contributed by atoms with E-state index in [1.807, 2.05) is 0 Å². The third kappa shape index (κ3) is 3.52. The molecule has 0 radical (unpaired) electrons. The Morgan fingerprint density at radius 1 is 1.35 bits per heavy atom. The Hall–Kier alpha value is -1.08. The summed E-state index contributed by atoms with van der Waals surface area (Å²) in [5.74, 6) is -1.32. The van der Waals surface area contributed by atoms with Crippen molar-refractivity contribution in [1.82, 2.24) is 5.32 Å². The van der Waals surface area contributed by atoms with Crippen LogP contribution in [0.4, 0.5) is 8.78 Å². The summed E-state index contributed by atoms with van der Waals surface area (Å²) in [5, 5.41) is 13.0. The molecule has 1 aromatic carbocycles. The van der Waals surface area contributed by atoms with Gasteiger partial charge in [-0.2, -0.15) is 0 Å². The second-order valence-electron chi connectivity index (χ2n) is 4.89. The van der Waals surface area contributed by atoms with Gasteiger partial charge in [0.25, 0.3) is 0 Å². The van der Waals surface area contributed by atoms with Crippen molar-refractivity contribution in [1.29, 1.82) is 0 Å². The SMILES string of the molecule is CO[C@@H]1COC[C@@H](CNCc2c(F)cccc2F)[C@@H]1O. The van der Waals surface area contributed by atoms with Crippen LogP contribution in [-0.4, -0.2) is 44.2 Å². The highest BCUT2D eigenvalue weighted by molar-refractivity contribution is 5.19. The highest BCUT2D eigenvalue weighted by Crippen LogP contribution is 2.17. The number of hydrogen-bond donors (Lipinski definition) is 2. The second-order valence-corrected chi connectivity index (χ2v) is 4.89. The van der Waals surface area contributed by atoms with Gasteiger partial charge >= 0.3 is 0 Å². The van der Waals surface area contributed by atoms with E-state index in [4.69, 9.17) is 9.47 Å². The number of halogens is 2. The number of methoxy groups -OCH3 is 1. The van der Waals surface area contributed by atoms with Crippen LogP contribution in [0.1, 0.15) is 5.56 Å². The predicted molar refractivity (Wildman–Crippen MR) is 69.2 cm³/mol. The van der Waals surface area contributed by atoms with Crippen LogP contribution in [0, 0.1) is 17.6 Å². The molecule has 0 spiro atoms. The van der Waals surface area contributed by atoms with Gasteiger partial charge in [-0.15, -0.1) is 0 Å². The van der Waals surface area contributed by atoms with Gasteiger partial charge in [0.1, 0.15) is 17.7 Å². The van der Waals surface area contributed by atoms with E-state index >= 15 is 0 Å². The number of aliphatic hydroxyl groups excluding tert-OH is 1. The van der Waals surface area contributed by atoms with Crippen LogP contribution in [0.5, 0.6) is 0 Å². The average Bonchev–Trinajstić information content (AvgIpc) is 2.44. The van der Waals surface area contributed by atoms with E-state index in [0.717, 1.165) is 0 Å². The van der Waals surface area contributed by atoms with E-state index in [0.29, 0.717) is 19.8 Å². The zero-order chi connectivity index (χ0) is 14.5. The van der Waals surface area contributed by atoms with Gasteiger partial charge in [0.2, 0.25) is 0 Å². The van der Waals surface area contributed by atoms with Crippen molar-refractivity contribution in [2.24, 2.45) is 5.92 Å². The fourth-order valence-electron chi connectivity index (χ4n) is 2.31. The molecule has 0 unspecified atom stereocenters. The minimum Gasteiger partial charge on any atom is -0.390 e. The van der Waals surface area contributed by atoms with E-state index in [1.165, 1.54) is 25.3 Å². The lowest BCUT2D eigenvalue weighted by molar-refractivity contribution is -0.133. The smallest absolute Gasteiger partial charge is 0.130 e. The molecule has 4 nitrogen and oxygen atoms in total. The lowest BCUT2D eigenvalue weighted by atomic mass is 9.96.